The number of ether oxygens (including phenoxy) is 2. The van der Waals surface area contributed by atoms with Gasteiger partial charge < -0.3 is 19.9 Å². The van der Waals surface area contributed by atoms with Crippen molar-refractivity contribution in [3.05, 3.63) is 54.1 Å². The van der Waals surface area contributed by atoms with Gasteiger partial charge in [0.25, 0.3) is 5.91 Å². The molecule has 1 atom stereocenters. The van der Waals surface area contributed by atoms with Gasteiger partial charge in [0.15, 0.2) is 6.10 Å². The van der Waals surface area contributed by atoms with E-state index in [0.717, 1.165) is 0 Å². The minimum Gasteiger partial charge on any atom is -0.497 e. The van der Waals surface area contributed by atoms with E-state index in [1.165, 1.54) is 6.92 Å². The summed E-state index contributed by atoms with van der Waals surface area (Å²) in [5.41, 5.74) is 1.09. The van der Waals surface area contributed by atoms with Crippen molar-refractivity contribution in [1.82, 2.24) is 0 Å². The van der Waals surface area contributed by atoms with Gasteiger partial charge in [-0.25, -0.2) is 4.79 Å². The van der Waals surface area contributed by atoms with Crippen molar-refractivity contribution in [3.8, 4) is 11.5 Å². The molecular weight excluding hydrogens is 298 g/mol. The maximum absolute atomic E-state index is 12.1. The Labute approximate surface area is 133 Å². The molecule has 0 radical (unpaired) electrons. The minimum absolute atomic E-state index is 0.270. The molecule has 120 valence electrons. The number of rotatable bonds is 6. The number of aliphatic carboxylic acids is 1. The third-order valence-electron chi connectivity index (χ3n) is 3.13. The molecule has 0 aromatic heterocycles. The van der Waals surface area contributed by atoms with Crippen molar-refractivity contribution >= 4 is 17.6 Å². The molecule has 0 heterocycles. The minimum atomic E-state index is -1.05. The van der Waals surface area contributed by atoms with Crippen molar-refractivity contribution in [3.63, 3.8) is 0 Å². The highest BCUT2D eigenvalue weighted by Crippen LogP contribution is 2.18. The van der Waals surface area contributed by atoms with Crippen LogP contribution in [0.2, 0.25) is 0 Å². The topological polar surface area (TPSA) is 84.9 Å². The fourth-order valence-electron chi connectivity index (χ4n) is 1.82. The summed E-state index contributed by atoms with van der Waals surface area (Å²) in [5.74, 6) is -0.225. The Bertz CT molecular complexity index is 679. The molecule has 2 aromatic rings. The van der Waals surface area contributed by atoms with Crippen LogP contribution in [0.4, 0.5) is 5.69 Å². The van der Waals surface area contributed by atoms with E-state index in [4.69, 9.17) is 14.6 Å². The first-order chi connectivity index (χ1) is 11.0. The van der Waals surface area contributed by atoms with E-state index in [1.807, 2.05) is 0 Å². The molecule has 0 aliphatic rings. The van der Waals surface area contributed by atoms with Gasteiger partial charge in [0, 0.05) is 11.3 Å². The van der Waals surface area contributed by atoms with Gasteiger partial charge in [0.2, 0.25) is 0 Å². The summed E-state index contributed by atoms with van der Waals surface area (Å²) in [6.07, 6.45) is -0.950. The Morgan fingerprint density at radius 1 is 1.00 bits per heavy atom. The largest absolute Gasteiger partial charge is 0.497 e. The zero-order valence-electron chi connectivity index (χ0n) is 12.8. The van der Waals surface area contributed by atoms with Crippen LogP contribution in [0.25, 0.3) is 0 Å². The summed E-state index contributed by atoms with van der Waals surface area (Å²) in [6.45, 7) is 1.44. The molecule has 0 aliphatic carbocycles. The van der Waals surface area contributed by atoms with E-state index in [9.17, 15) is 9.59 Å². The number of carbonyl (C=O) groups is 2. The number of nitrogens with one attached hydrogen (secondary N) is 1. The zero-order valence-corrected chi connectivity index (χ0v) is 12.8. The molecule has 6 nitrogen and oxygen atoms in total. The molecule has 0 bridgehead atoms. The van der Waals surface area contributed by atoms with E-state index in [1.54, 1.807) is 55.6 Å². The number of methoxy groups -OCH3 is 1. The predicted molar refractivity (Wildman–Crippen MR) is 85.1 cm³/mol. The summed E-state index contributed by atoms with van der Waals surface area (Å²) in [4.78, 5) is 22.9. The van der Waals surface area contributed by atoms with Crippen LogP contribution in [0.1, 0.15) is 17.3 Å². The molecule has 0 saturated heterocycles. The van der Waals surface area contributed by atoms with Crippen LogP contribution in [-0.2, 0) is 4.79 Å². The van der Waals surface area contributed by atoms with Crippen molar-refractivity contribution in [2.75, 3.05) is 12.4 Å². The highest BCUT2D eigenvalue weighted by atomic mass is 16.5. The highest BCUT2D eigenvalue weighted by Gasteiger charge is 2.13. The lowest BCUT2D eigenvalue weighted by molar-refractivity contribution is -0.144. The third kappa shape index (κ3) is 4.47. The van der Waals surface area contributed by atoms with Gasteiger partial charge in [-0.15, -0.1) is 0 Å². The smallest absolute Gasteiger partial charge is 0.344 e. The molecule has 2 N–H and O–H groups in total. The first-order valence-electron chi connectivity index (χ1n) is 6.94. The summed E-state index contributed by atoms with van der Waals surface area (Å²) < 4.78 is 10.3. The summed E-state index contributed by atoms with van der Waals surface area (Å²) in [5, 5.41) is 11.5. The first kappa shape index (κ1) is 16.4. The Kier molecular flexibility index (Phi) is 5.19. The molecule has 0 unspecified atom stereocenters. The number of benzene rings is 2. The van der Waals surface area contributed by atoms with Crippen LogP contribution in [0.15, 0.2) is 48.5 Å². The van der Waals surface area contributed by atoms with Crippen molar-refractivity contribution in [2.45, 2.75) is 13.0 Å². The van der Waals surface area contributed by atoms with Gasteiger partial charge in [-0.1, -0.05) is 0 Å². The third-order valence-corrected chi connectivity index (χ3v) is 3.13. The van der Waals surface area contributed by atoms with E-state index in [2.05, 4.69) is 5.32 Å². The maximum Gasteiger partial charge on any atom is 0.344 e. The van der Waals surface area contributed by atoms with E-state index >= 15 is 0 Å². The SMILES string of the molecule is COc1ccc(NC(=O)c2ccc(O[C@H](C)C(=O)O)cc2)cc1. The van der Waals surface area contributed by atoms with Gasteiger partial charge in [0.1, 0.15) is 11.5 Å². The van der Waals surface area contributed by atoms with Crippen LogP contribution >= 0.6 is 0 Å². The van der Waals surface area contributed by atoms with Crippen LogP contribution in [-0.4, -0.2) is 30.2 Å². The number of anilines is 1. The molecule has 2 aromatic carbocycles. The molecular formula is C17H17NO5. The number of hydrogen-bond acceptors (Lipinski definition) is 4. The Morgan fingerprint density at radius 2 is 1.57 bits per heavy atom. The van der Waals surface area contributed by atoms with Crippen LogP contribution in [0.3, 0.4) is 0 Å². The molecule has 0 spiro atoms. The molecule has 1 amide bonds. The molecule has 0 aliphatic heterocycles. The van der Waals surface area contributed by atoms with Crippen LogP contribution < -0.4 is 14.8 Å². The summed E-state index contributed by atoms with van der Waals surface area (Å²) in [7, 11) is 1.57. The monoisotopic (exact) mass is 315 g/mol. The zero-order chi connectivity index (χ0) is 16.8. The maximum atomic E-state index is 12.1. The Morgan fingerprint density at radius 3 is 2.09 bits per heavy atom. The fraction of sp³-hybridized carbons (Fsp3) is 0.176. The van der Waals surface area contributed by atoms with Crippen molar-refractivity contribution in [1.29, 1.82) is 0 Å². The normalized spacial score (nSPS) is 11.4. The molecule has 0 fully saturated rings. The number of carbonyl (C=O) groups excluding carboxylic acids is 1. The molecule has 23 heavy (non-hydrogen) atoms. The predicted octanol–water partition coefficient (Wildman–Crippen LogP) is 2.80. The van der Waals surface area contributed by atoms with Gasteiger partial charge in [-0.2, -0.15) is 0 Å². The summed E-state index contributed by atoms with van der Waals surface area (Å²) in [6, 6.07) is 13.2. The lowest BCUT2D eigenvalue weighted by atomic mass is 10.2. The lowest BCUT2D eigenvalue weighted by Gasteiger charge is -2.11. The number of carboxylic acids is 1. The quantitative estimate of drug-likeness (QED) is 0.856. The number of amides is 1. The van der Waals surface area contributed by atoms with Gasteiger partial charge in [0.05, 0.1) is 7.11 Å². The average molecular weight is 315 g/mol. The Balaban J connectivity index is 2.00. The fourth-order valence-corrected chi connectivity index (χ4v) is 1.82. The van der Waals surface area contributed by atoms with Crippen molar-refractivity contribution in [2.24, 2.45) is 0 Å². The highest BCUT2D eigenvalue weighted by molar-refractivity contribution is 6.04. The second kappa shape index (κ2) is 7.31. The Hall–Kier alpha value is -3.02. The lowest BCUT2D eigenvalue weighted by Crippen LogP contribution is -2.22. The summed E-state index contributed by atoms with van der Waals surface area (Å²) >= 11 is 0. The van der Waals surface area contributed by atoms with E-state index in [-0.39, 0.29) is 5.91 Å². The van der Waals surface area contributed by atoms with Gasteiger partial charge in [-0.3, -0.25) is 4.79 Å². The van der Waals surface area contributed by atoms with Crippen LogP contribution in [0, 0.1) is 0 Å². The van der Waals surface area contributed by atoms with Crippen LogP contribution in [0.5, 0.6) is 11.5 Å². The number of carboxylic acid groups (broad SMARTS) is 1. The molecule has 0 saturated carbocycles. The standard InChI is InChI=1S/C17H17NO5/c1-11(17(20)21)23-15-7-3-12(4-8-15)16(19)18-13-5-9-14(22-2)10-6-13/h3-11H,1-2H3,(H,18,19)(H,20,21)/t11-/m1/s1. The molecule has 6 heteroatoms. The van der Waals surface area contributed by atoms with E-state index in [0.29, 0.717) is 22.7 Å². The average Bonchev–Trinajstić information content (AvgIpc) is 2.56. The van der Waals surface area contributed by atoms with Gasteiger partial charge >= 0.3 is 5.97 Å². The second-order valence-corrected chi connectivity index (χ2v) is 4.81. The number of hydrogen-bond donors (Lipinski definition) is 2. The van der Waals surface area contributed by atoms with E-state index < -0.39 is 12.1 Å². The first-order valence-corrected chi connectivity index (χ1v) is 6.94. The van der Waals surface area contributed by atoms with Crippen molar-refractivity contribution < 1.29 is 24.2 Å². The second-order valence-electron chi connectivity index (χ2n) is 4.81. The molecule has 2 rings (SSSR count). The van der Waals surface area contributed by atoms with Gasteiger partial charge in [-0.05, 0) is 55.5 Å².